The quantitative estimate of drug-likeness (QED) is 0.513. The van der Waals surface area contributed by atoms with Gasteiger partial charge in [-0.2, -0.15) is 0 Å². The van der Waals surface area contributed by atoms with E-state index in [1.807, 2.05) is 0 Å². The number of phenolic OH excluding ortho intramolecular Hbond substituents is 3. The van der Waals surface area contributed by atoms with E-state index in [1.54, 1.807) is 30.3 Å². The maximum absolute atomic E-state index is 14.3. The summed E-state index contributed by atoms with van der Waals surface area (Å²) in [6.45, 7) is 3.62. The van der Waals surface area contributed by atoms with Gasteiger partial charge in [0, 0.05) is 16.9 Å². The first-order valence-electron chi connectivity index (χ1n) is 8.95. The minimum Gasteiger partial charge on any atom is -0.508 e. The van der Waals surface area contributed by atoms with Gasteiger partial charge in [0.2, 0.25) is 0 Å². The molecule has 6 heteroatoms. The molecule has 0 saturated carbocycles. The number of benzene rings is 3. The smallest absolute Gasteiger partial charge is 0.262 e. The van der Waals surface area contributed by atoms with Crippen LogP contribution in [0.2, 0.25) is 0 Å². The summed E-state index contributed by atoms with van der Waals surface area (Å²) in [7, 11) is 0. The lowest BCUT2D eigenvalue weighted by Gasteiger charge is -2.24. The second kappa shape index (κ2) is 8.48. The Bertz CT molecular complexity index is 984. The lowest BCUT2D eigenvalue weighted by molar-refractivity contribution is 0.0998. The molecule has 5 nitrogen and oxygen atoms in total. The van der Waals surface area contributed by atoms with E-state index in [2.05, 4.69) is 6.58 Å². The van der Waals surface area contributed by atoms with E-state index in [1.165, 1.54) is 35.2 Å². The molecule has 0 aliphatic carbocycles. The van der Waals surface area contributed by atoms with Gasteiger partial charge in [-0.1, -0.05) is 6.08 Å². The number of halogens is 1. The first kappa shape index (κ1) is 19.9. The lowest BCUT2D eigenvalue weighted by Crippen LogP contribution is -2.26. The average Bonchev–Trinajstić information content (AvgIpc) is 2.72. The molecule has 3 N–H and O–H groups in total. The van der Waals surface area contributed by atoms with Crippen molar-refractivity contribution >= 4 is 17.3 Å². The maximum atomic E-state index is 14.3. The third-order valence-electron chi connectivity index (χ3n) is 4.43. The highest BCUT2D eigenvalue weighted by Gasteiger charge is 2.22. The molecule has 148 valence electrons. The van der Waals surface area contributed by atoms with E-state index in [9.17, 15) is 24.5 Å². The predicted octanol–water partition coefficient (Wildman–Crippen LogP) is 5.04. The number of rotatable bonds is 6. The zero-order chi connectivity index (χ0) is 21.0. The summed E-state index contributed by atoms with van der Waals surface area (Å²) < 4.78 is 14.3. The van der Waals surface area contributed by atoms with Crippen molar-refractivity contribution in [3.05, 3.63) is 90.3 Å². The zero-order valence-corrected chi connectivity index (χ0v) is 15.5. The Balaban J connectivity index is 2.09. The molecule has 0 radical (unpaired) electrons. The van der Waals surface area contributed by atoms with Crippen LogP contribution in [-0.2, 0) is 6.42 Å². The van der Waals surface area contributed by atoms with E-state index in [0.717, 1.165) is 6.07 Å². The van der Waals surface area contributed by atoms with Crippen LogP contribution in [-0.4, -0.2) is 21.2 Å². The number of phenols is 3. The normalized spacial score (nSPS) is 10.5. The highest BCUT2D eigenvalue weighted by atomic mass is 19.1. The molecule has 3 rings (SSSR count). The summed E-state index contributed by atoms with van der Waals surface area (Å²) in [5.74, 6) is -1.82. The number of hydrogen-bond acceptors (Lipinski definition) is 4. The van der Waals surface area contributed by atoms with Gasteiger partial charge in [0.1, 0.15) is 11.5 Å². The largest absolute Gasteiger partial charge is 0.508 e. The number of aromatic hydroxyl groups is 3. The van der Waals surface area contributed by atoms with Crippen LogP contribution in [0, 0.1) is 5.82 Å². The first-order chi connectivity index (χ1) is 13.9. The van der Waals surface area contributed by atoms with Crippen molar-refractivity contribution in [2.75, 3.05) is 4.90 Å². The third-order valence-corrected chi connectivity index (χ3v) is 4.43. The number of nitrogens with zero attached hydrogens (tertiary/aromatic N) is 1. The molecule has 0 heterocycles. The SMILES string of the molecule is C=CCCc1cc(C(=O)N(c2ccc(O)cc2)c2ccc(O)cc2)cc(F)c1O. The molecule has 29 heavy (non-hydrogen) atoms. The molecular weight excluding hydrogens is 373 g/mol. The molecule has 0 aliphatic heterocycles. The van der Waals surface area contributed by atoms with Crippen molar-refractivity contribution in [1.29, 1.82) is 0 Å². The van der Waals surface area contributed by atoms with E-state index in [-0.39, 0.29) is 17.1 Å². The molecule has 0 saturated heterocycles. The monoisotopic (exact) mass is 393 g/mol. The van der Waals surface area contributed by atoms with Gasteiger partial charge in [0.15, 0.2) is 11.6 Å². The second-order valence-corrected chi connectivity index (χ2v) is 6.47. The minimum atomic E-state index is -0.883. The maximum Gasteiger partial charge on any atom is 0.262 e. The number of carbonyl (C=O) groups excluding carboxylic acids is 1. The molecule has 3 aromatic carbocycles. The van der Waals surface area contributed by atoms with Gasteiger partial charge < -0.3 is 15.3 Å². The van der Waals surface area contributed by atoms with Crippen LogP contribution < -0.4 is 4.90 Å². The fourth-order valence-electron chi connectivity index (χ4n) is 2.94. The molecule has 3 aromatic rings. The minimum absolute atomic E-state index is 0.0363. The van der Waals surface area contributed by atoms with Crippen molar-refractivity contribution in [2.24, 2.45) is 0 Å². The molecule has 0 bridgehead atoms. The van der Waals surface area contributed by atoms with E-state index in [0.29, 0.717) is 29.8 Å². The molecule has 0 aliphatic rings. The Morgan fingerprint density at radius 2 is 1.45 bits per heavy atom. The molecule has 0 unspecified atom stereocenters. The lowest BCUT2D eigenvalue weighted by atomic mass is 10.0. The van der Waals surface area contributed by atoms with Gasteiger partial charge in [-0.25, -0.2) is 4.39 Å². The number of aryl methyl sites for hydroxylation is 1. The van der Waals surface area contributed by atoms with Crippen molar-refractivity contribution in [2.45, 2.75) is 12.8 Å². The van der Waals surface area contributed by atoms with Crippen LogP contribution in [0.3, 0.4) is 0 Å². The van der Waals surface area contributed by atoms with Crippen LogP contribution in [0.15, 0.2) is 73.3 Å². The van der Waals surface area contributed by atoms with Crippen LogP contribution >= 0.6 is 0 Å². The van der Waals surface area contributed by atoms with Crippen molar-refractivity contribution in [3.63, 3.8) is 0 Å². The third kappa shape index (κ3) is 4.38. The Morgan fingerprint density at radius 1 is 0.931 bits per heavy atom. The number of anilines is 2. The fraction of sp³-hybridized carbons (Fsp3) is 0.0870. The summed E-state index contributed by atoms with van der Waals surface area (Å²) in [5.41, 5.74) is 1.25. The Labute approximate surface area is 167 Å². The molecule has 0 aromatic heterocycles. The standard InChI is InChI=1S/C23H20FNO4/c1-2-3-4-15-13-16(14-21(24)22(15)28)23(29)25(17-5-9-19(26)10-6-17)18-7-11-20(27)12-8-18/h2,5-14,26-28H,1,3-4H2. The summed E-state index contributed by atoms with van der Waals surface area (Å²) in [5, 5.41) is 29.1. The Morgan fingerprint density at radius 3 is 1.93 bits per heavy atom. The highest BCUT2D eigenvalue weighted by molar-refractivity contribution is 6.11. The summed E-state index contributed by atoms with van der Waals surface area (Å²) in [4.78, 5) is 14.7. The molecule has 0 atom stereocenters. The summed E-state index contributed by atoms with van der Waals surface area (Å²) >= 11 is 0. The van der Waals surface area contributed by atoms with Gasteiger partial charge >= 0.3 is 0 Å². The van der Waals surface area contributed by atoms with E-state index in [4.69, 9.17) is 0 Å². The number of amides is 1. The molecule has 0 fully saturated rings. The van der Waals surface area contributed by atoms with Crippen molar-refractivity contribution < 1.29 is 24.5 Å². The topological polar surface area (TPSA) is 81.0 Å². The Hall–Kier alpha value is -3.80. The molecule has 1 amide bonds. The van der Waals surface area contributed by atoms with Gasteiger partial charge in [0.25, 0.3) is 5.91 Å². The average molecular weight is 393 g/mol. The summed E-state index contributed by atoms with van der Waals surface area (Å²) in [6, 6.07) is 14.4. The highest BCUT2D eigenvalue weighted by Crippen LogP contribution is 2.32. The van der Waals surface area contributed by atoms with Crippen LogP contribution in [0.4, 0.5) is 15.8 Å². The van der Waals surface area contributed by atoms with E-state index < -0.39 is 17.5 Å². The van der Waals surface area contributed by atoms with Crippen molar-refractivity contribution in [3.8, 4) is 17.2 Å². The molecular formula is C23H20FNO4. The first-order valence-corrected chi connectivity index (χ1v) is 8.95. The predicted molar refractivity (Wildman–Crippen MR) is 109 cm³/mol. The van der Waals surface area contributed by atoms with Crippen LogP contribution in [0.1, 0.15) is 22.3 Å². The number of allylic oxidation sites excluding steroid dienone is 1. The fourth-order valence-corrected chi connectivity index (χ4v) is 2.94. The second-order valence-electron chi connectivity index (χ2n) is 6.47. The number of hydrogen-bond donors (Lipinski definition) is 3. The van der Waals surface area contributed by atoms with Gasteiger partial charge in [-0.3, -0.25) is 9.69 Å². The van der Waals surface area contributed by atoms with Crippen LogP contribution in [0.25, 0.3) is 0 Å². The van der Waals surface area contributed by atoms with Gasteiger partial charge in [0.05, 0.1) is 0 Å². The van der Waals surface area contributed by atoms with Gasteiger partial charge in [-0.05, 0) is 79.1 Å². The zero-order valence-electron chi connectivity index (χ0n) is 15.5. The van der Waals surface area contributed by atoms with Crippen LogP contribution in [0.5, 0.6) is 17.2 Å². The number of carbonyl (C=O) groups is 1. The Kier molecular flexibility index (Phi) is 5.83. The molecule has 0 spiro atoms. The van der Waals surface area contributed by atoms with Gasteiger partial charge in [-0.15, -0.1) is 6.58 Å². The van der Waals surface area contributed by atoms with E-state index >= 15 is 0 Å². The van der Waals surface area contributed by atoms with Crippen molar-refractivity contribution in [1.82, 2.24) is 0 Å². The summed E-state index contributed by atoms with van der Waals surface area (Å²) in [6.07, 6.45) is 2.50.